The van der Waals surface area contributed by atoms with Crippen molar-refractivity contribution in [1.82, 2.24) is 9.78 Å². The van der Waals surface area contributed by atoms with Gasteiger partial charge in [-0.1, -0.05) is 0 Å². The number of hydrogen-bond donors (Lipinski definition) is 1. The fourth-order valence-corrected chi connectivity index (χ4v) is 5.48. The Bertz CT molecular complexity index is 448. The molecule has 0 radical (unpaired) electrons. The van der Waals surface area contributed by atoms with Gasteiger partial charge in [0.1, 0.15) is 0 Å². The first-order valence-corrected chi connectivity index (χ1v) is 8.47. The van der Waals surface area contributed by atoms with Gasteiger partial charge in [0.15, 0.2) is 0 Å². The van der Waals surface area contributed by atoms with Crippen LogP contribution in [0.5, 0.6) is 0 Å². The summed E-state index contributed by atoms with van der Waals surface area (Å²) in [7, 11) is 0. The lowest BCUT2D eigenvalue weighted by Crippen LogP contribution is -2.43. The summed E-state index contributed by atoms with van der Waals surface area (Å²) >= 11 is 0. The molecule has 4 fully saturated rings. The Hall–Kier alpha value is -0.830. The first-order chi connectivity index (χ1) is 9.69. The molecule has 0 saturated heterocycles. The minimum absolute atomic E-state index is 0.267. The molecule has 1 aromatic heterocycles. The molecule has 1 atom stereocenters. The first-order valence-electron chi connectivity index (χ1n) is 8.47. The fourth-order valence-electron chi connectivity index (χ4n) is 5.48. The summed E-state index contributed by atoms with van der Waals surface area (Å²) in [5, 5.41) is 4.58. The first kappa shape index (κ1) is 12.9. The molecule has 1 aromatic rings. The zero-order chi connectivity index (χ0) is 13.7. The van der Waals surface area contributed by atoms with Crippen LogP contribution in [0.2, 0.25) is 0 Å². The summed E-state index contributed by atoms with van der Waals surface area (Å²) in [5.41, 5.74) is 7.36. The van der Waals surface area contributed by atoms with Crippen molar-refractivity contribution < 1.29 is 0 Å². The van der Waals surface area contributed by atoms with E-state index in [1.807, 2.05) is 0 Å². The van der Waals surface area contributed by atoms with Crippen LogP contribution < -0.4 is 5.73 Å². The summed E-state index contributed by atoms with van der Waals surface area (Å²) in [6.07, 6.45) is 13.0. The van der Waals surface area contributed by atoms with Gasteiger partial charge in [-0.3, -0.25) is 4.68 Å². The number of nitrogens with zero attached hydrogens (tertiary/aromatic N) is 2. The van der Waals surface area contributed by atoms with Crippen molar-refractivity contribution in [3.05, 3.63) is 18.0 Å². The normalized spacial score (nSPS) is 40.2. The average Bonchev–Trinajstić information content (AvgIpc) is 2.83. The van der Waals surface area contributed by atoms with Gasteiger partial charge in [-0.05, 0) is 80.6 Å². The van der Waals surface area contributed by atoms with E-state index in [-0.39, 0.29) is 6.04 Å². The molecule has 110 valence electrons. The Morgan fingerprint density at radius 1 is 1.20 bits per heavy atom. The van der Waals surface area contributed by atoms with Gasteiger partial charge in [-0.15, -0.1) is 0 Å². The van der Waals surface area contributed by atoms with Gasteiger partial charge in [0.2, 0.25) is 0 Å². The molecule has 1 unspecified atom stereocenters. The van der Waals surface area contributed by atoms with E-state index < -0.39 is 0 Å². The molecule has 4 aliphatic rings. The monoisotopic (exact) mass is 273 g/mol. The summed E-state index contributed by atoms with van der Waals surface area (Å²) in [6.45, 7) is 3.03. The molecule has 5 rings (SSSR count). The predicted molar refractivity (Wildman–Crippen MR) is 80.3 cm³/mol. The van der Waals surface area contributed by atoms with Gasteiger partial charge in [0.05, 0.1) is 6.20 Å². The Kier molecular flexibility index (Phi) is 3.13. The Morgan fingerprint density at radius 2 is 1.85 bits per heavy atom. The van der Waals surface area contributed by atoms with Gasteiger partial charge in [0, 0.05) is 18.8 Å². The van der Waals surface area contributed by atoms with Crippen LogP contribution in [0.4, 0.5) is 0 Å². The number of aryl methyl sites for hydroxylation is 1. The number of nitrogens with two attached hydrogens (primary N) is 1. The Labute approximate surface area is 121 Å². The quantitative estimate of drug-likeness (QED) is 0.915. The molecule has 0 spiro atoms. The van der Waals surface area contributed by atoms with Crippen LogP contribution in [0, 0.1) is 23.7 Å². The second-order valence-electron chi connectivity index (χ2n) is 7.76. The highest BCUT2D eigenvalue weighted by atomic mass is 15.3. The molecule has 20 heavy (non-hydrogen) atoms. The van der Waals surface area contributed by atoms with E-state index in [0.29, 0.717) is 0 Å². The lowest BCUT2D eigenvalue weighted by atomic mass is 9.51. The molecule has 3 heteroatoms. The van der Waals surface area contributed by atoms with E-state index >= 15 is 0 Å². The molecule has 3 nitrogen and oxygen atoms in total. The van der Waals surface area contributed by atoms with E-state index in [0.717, 1.165) is 42.6 Å². The largest absolute Gasteiger partial charge is 0.328 e. The summed E-state index contributed by atoms with van der Waals surface area (Å²) in [6, 6.07) is 0.267. The fraction of sp³-hybridized carbons (Fsp3) is 0.824. The van der Waals surface area contributed by atoms with Crippen LogP contribution in [-0.2, 0) is 6.54 Å². The van der Waals surface area contributed by atoms with Crippen molar-refractivity contribution in [3.8, 4) is 0 Å². The highest BCUT2D eigenvalue weighted by molar-refractivity contribution is 5.19. The number of aromatic nitrogens is 2. The molecule has 4 saturated carbocycles. The van der Waals surface area contributed by atoms with Crippen LogP contribution in [0.15, 0.2) is 12.4 Å². The second-order valence-corrected chi connectivity index (χ2v) is 7.76. The van der Waals surface area contributed by atoms with Crippen molar-refractivity contribution in [3.63, 3.8) is 0 Å². The van der Waals surface area contributed by atoms with Gasteiger partial charge >= 0.3 is 0 Å². The minimum atomic E-state index is 0.267. The maximum absolute atomic E-state index is 5.84. The SMILES string of the molecule is CC(N)CCn1cc(C2C3CC4CC(C3)CC2C4)cn1. The molecule has 0 amide bonds. The predicted octanol–water partition coefficient (Wildman–Crippen LogP) is 3.16. The number of rotatable bonds is 4. The van der Waals surface area contributed by atoms with Gasteiger partial charge in [0.25, 0.3) is 0 Å². The topological polar surface area (TPSA) is 43.8 Å². The van der Waals surface area contributed by atoms with Gasteiger partial charge in [-0.2, -0.15) is 5.10 Å². The lowest BCUT2D eigenvalue weighted by molar-refractivity contribution is -0.00280. The third-order valence-electron chi connectivity index (χ3n) is 6.08. The highest BCUT2D eigenvalue weighted by Crippen LogP contribution is 2.59. The van der Waals surface area contributed by atoms with Crippen LogP contribution in [0.3, 0.4) is 0 Å². The summed E-state index contributed by atoms with van der Waals surface area (Å²) in [4.78, 5) is 0. The molecule has 0 aliphatic heterocycles. The van der Waals surface area contributed by atoms with E-state index in [9.17, 15) is 0 Å². The Balaban J connectivity index is 1.50. The number of hydrogen-bond acceptors (Lipinski definition) is 2. The van der Waals surface area contributed by atoms with Crippen LogP contribution in [0.25, 0.3) is 0 Å². The van der Waals surface area contributed by atoms with Crippen molar-refractivity contribution >= 4 is 0 Å². The van der Waals surface area contributed by atoms with Crippen molar-refractivity contribution in [1.29, 1.82) is 0 Å². The van der Waals surface area contributed by atoms with Gasteiger partial charge < -0.3 is 5.73 Å². The van der Waals surface area contributed by atoms with E-state index in [1.54, 1.807) is 0 Å². The van der Waals surface area contributed by atoms with Crippen molar-refractivity contribution in [2.75, 3.05) is 0 Å². The van der Waals surface area contributed by atoms with Crippen LogP contribution in [0.1, 0.15) is 56.9 Å². The van der Waals surface area contributed by atoms with Crippen molar-refractivity contribution in [2.24, 2.45) is 29.4 Å². The standard InChI is InChI=1S/C17H27N3/c1-11(18)2-3-20-10-16(9-19-20)17-14-5-12-4-13(7-14)8-15(17)6-12/h9-15,17H,2-8,18H2,1H3. The maximum Gasteiger partial charge on any atom is 0.0524 e. The second kappa shape index (κ2) is 4.87. The van der Waals surface area contributed by atoms with Gasteiger partial charge in [-0.25, -0.2) is 0 Å². The summed E-state index contributed by atoms with van der Waals surface area (Å²) < 4.78 is 2.11. The van der Waals surface area contributed by atoms with E-state index in [4.69, 9.17) is 5.73 Å². The minimum Gasteiger partial charge on any atom is -0.328 e. The molecular formula is C17H27N3. The molecule has 2 N–H and O–H groups in total. The zero-order valence-electron chi connectivity index (χ0n) is 12.5. The van der Waals surface area contributed by atoms with E-state index in [2.05, 4.69) is 29.1 Å². The third kappa shape index (κ3) is 2.20. The summed E-state index contributed by atoms with van der Waals surface area (Å²) in [5.74, 6) is 4.84. The molecule has 4 bridgehead atoms. The van der Waals surface area contributed by atoms with Crippen LogP contribution >= 0.6 is 0 Å². The highest BCUT2D eigenvalue weighted by Gasteiger charge is 2.48. The average molecular weight is 273 g/mol. The van der Waals surface area contributed by atoms with Crippen LogP contribution in [-0.4, -0.2) is 15.8 Å². The molecule has 0 aromatic carbocycles. The molecule has 4 aliphatic carbocycles. The zero-order valence-corrected chi connectivity index (χ0v) is 12.5. The van der Waals surface area contributed by atoms with Crippen molar-refractivity contribution in [2.45, 2.75) is 64.0 Å². The third-order valence-corrected chi connectivity index (χ3v) is 6.08. The lowest BCUT2D eigenvalue weighted by Gasteiger charge is -2.54. The molecular weight excluding hydrogens is 246 g/mol. The Morgan fingerprint density at radius 3 is 2.45 bits per heavy atom. The van der Waals surface area contributed by atoms with E-state index in [1.165, 1.54) is 37.7 Å². The smallest absolute Gasteiger partial charge is 0.0524 e. The maximum atomic E-state index is 5.84. The molecule has 1 heterocycles.